The molecule has 3 aromatic rings. The number of aliphatic hydroxyl groups is 1. The van der Waals surface area contributed by atoms with Gasteiger partial charge in [-0.15, -0.1) is 0 Å². The van der Waals surface area contributed by atoms with E-state index in [0.29, 0.717) is 0 Å². The number of pyridine rings is 1. The topological polar surface area (TPSA) is 115 Å². The van der Waals surface area contributed by atoms with Gasteiger partial charge < -0.3 is 20.5 Å². The number of amides is 1. The molecule has 2 heterocycles. The Morgan fingerprint density at radius 1 is 1.12 bits per heavy atom. The number of nitrogens with zero attached hydrogens (tertiary/aromatic N) is 1. The number of benzene rings is 1. The number of nitrogens with one attached hydrogen (secondary N) is 2. The summed E-state index contributed by atoms with van der Waals surface area (Å²) < 4.78 is 42.1. The maximum absolute atomic E-state index is 14.0. The standard InChI is InChI=1S/C21H16Cl2F3N3O4/c1-10(20(33,21(24,25)26)13-4-5-27-16(23)8-13)14-3-2-11(6-15(14)22)18(30)29-17-7-12(9-28-17)19(31)32/h2-10,28,33H,1H3,(H,29,30)(H,31,32). The van der Waals surface area contributed by atoms with Crippen LogP contribution in [0.15, 0.2) is 48.8 Å². The zero-order valence-electron chi connectivity index (χ0n) is 16.7. The third-order valence-electron chi connectivity index (χ3n) is 5.13. The van der Waals surface area contributed by atoms with Crippen molar-refractivity contribution in [2.45, 2.75) is 24.6 Å². The lowest BCUT2D eigenvalue weighted by atomic mass is 9.78. The van der Waals surface area contributed by atoms with E-state index in [1.165, 1.54) is 24.4 Å². The van der Waals surface area contributed by atoms with Crippen molar-refractivity contribution in [2.75, 3.05) is 5.32 Å². The van der Waals surface area contributed by atoms with Gasteiger partial charge in [0.15, 0.2) is 5.60 Å². The highest BCUT2D eigenvalue weighted by Gasteiger charge is 2.59. The molecule has 0 bridgehead atoms. The number of anilines is 1. The quantitative estimate of drug-likeness (QED) is 0.345. The van der Waals surface area contributed by atoms with E-state index < -0.39 is 35.1 Å². The fourth-order valence-corrected chi connectivity index (χ4v) is 3.85. The zero-order valence-corrected chi connectivity index (χ0v) is 18.3. The summed E-state index contributed by atoms with van der Waals surface area (Å²) in [7, 11) is 0. The largest absolute Gasteiger partial charge is 0.478 e. The van der Waals surface area contributed by atoms with Gasteiger partial charge in [0.25, 0.3) is 5.91 Å². The van der Waals surface area contributed by atoms with Crippen molar-refractivity contribution in [3.8, 4) is 0 Å². The minimum atomic E-state index is -5.09. The molecule has 0 fully saturated rings. The van der Waals surface area contributed by atoms with Gasteiger partial charge in [0.2, 0.25) is 0 Å². The lowest BCUT2D eigenvalue weighted by Gasteiger charge is -2.37. The van der Waals surface area contributed by atoms with E-state index in [4.69, 9.17) is 28.3 Å². The van der Waals surface area contributed by atoms with Gasteiger partial charge in [-0.1, -0.05) is 36.2 Å². The average molecular weight is 502 g/mol. The number of carbonyl (C=O) groups excluding carboxylic acids is 1. The van der Waals surface area contributed by atoms with Gasteiger partial charge >= 0.3 is 12.1 Å². The molecule has 2 unspecified atom stereocenters. The lowest BCUT2D eigenvalue weighted by molar-refractivity contribution is -0.274. The third kappa shape index (κ3) is 4.82. The third-order valence-corrected chi connectivity index (χ3v) is 5.67. The molecular weight excluding hydrogens is 486 g/mol. The van der Waals surface area contributed by atoms with E-state index in [0.717, 1.165) is 31.3 Å². The van der Waals surface area contributed by atoms with Crippen molar-refractivity contribution in [3.05, 3.63) is 81.2 Å². The first-order valence-electron chi connectivity index (χ1n) is 9.28. The van der Waals surface area contributed by atoms with Crippen molar-refractivity contribution in [1.29, 1.82) is 0 Å². The number of halogens is 5. The molecule has 12 heteroatoms. The Labute approximate surface area is 195 Å². The minimum Gasteiger partial charge on any atom is -0.478 e. The van der Waals surface area contributed by atoms with Crippen LogP contribution in [0.1, 0.15) is 44.7 Å². The van der Waals surface area contributed by atoms with Crippen molar-refractivity contribution in [1.82, 2.24) is 9.97 Å². The number of alkyl halides is 3. The highest BCUT2D eigenvalue weighted by molar-refractivity contribution is 6.32. The molecule has 0 aliphatic rings. The van der Waals surface area contributed by atoms with Gasteiger partial charge in [-0.05, 0) is 41.5 Å². The molecule has 4 N–H and O–H groups in total. The maximum Gasteiger partial charge on any atom is 0.422 e. The van der Waals surface area contributed by atoms with Crippen LogP contribution in [-0.4, -0.2) is 38.2 Å². The Bertz CT molecular complexity index is 1220. The Balaban J connectivity index is 1.92. The van der Waals surface area contributed by atoms with E-state index in [1.54, 1.807) is 0 Å². The van der Waals surface area contributed by atoms with Crippen molar-refractivity contribution in [3.63, 3.8) is 0 Å². The number of carboxylic acids is 1. The lowest BCUT2D eigenvalue weighted by Crippen LogP contribution is -2.46. The second-order valence-electron chi connectivity index (χ2n) is 7.15. The fraction of sp³-hybridized carbons (Fsp3) is 0.190. The molecule has 7 nitrogen and oxygen atoms in total. The molecule has 0 saturated carbocycles. The molecule has 3 rings (SSSR count). The van der Waals surface area contributed by atoms with Crippen LogP contribution in [-0.2, 0) is 5.60 Å². The van der Waals surface area contributed by atoms with Gasteiger partial charge in [-0.2, -0.15) is 13.2 Å². The first-order chi connectivity index (χ1) is 15.3. The summed E-state index contributed by atoms with van der Waals surface area (Å²) in [4.78, 5) is 29.6. The minimum absolute atomic E-state index is 0.00456. The Hall–Kier alpha value is -3.08. The van der Waals surface area contributed by atoms with Crippen LogP contribution < -0.4 is 5.32 Å². The van der Waals surface area contributed by atoms with Crippen LogP contribution in [0.3, 0.4) is 0 Å². The van der Waals surface area contributed by atoms with Crippen LogP contribution in [0, 0.1) is 0 Å². The van der Waals surface area contributed by atoms with E-state index in [2.05, 4.69) is 15.3 Å². The SMILES string of the molecule is CC(c1ccc(C(=O)Nc2cc(C(=O)O)c[nH]2)cc1Cl)C(O)(c1ccnc(Cl)c1)C(F)(F)F. The summed E-state index contributed by atoms with van der Waals surface area (Å²) >= 11 is 11.9. The van der Waals surface area contributed by atoms with Crippen LogP contribution in [0.4, 0.5) is 19.0 Å². The Kier molecular flexibility index (Phi) is 6.73. The molecule has 33 heavy (non-hydrogen) atoms. The van der Waals surface area contributed by atoms with E-state index in [-0.39, 0.29) is 32.7 Å². The first-order valence-corrected chi connectivity index (χ1v) is 10.0. The normalized spacial score (nSPS) is 14.4. The summed E-state index contributed by atoms with van der Waals surface area (Å²) in [5.41, 5.74) is -3.99. The number of aromatic nitrogens is 2. The number of carbonyl (C=O) groups is 2. The van der Waals surface area contributed by atoms with Gasteiger partial charge in [-0.25, -0.2) is 9.78 Å². The fourth-order valence-electron chi connectivity index (χ4n) is 3.33. The summed E-state index contributed by atoms with van der Waals surface area (Å²) in [6.07, 6.45) is -2.86. The summed E-state index contributed by atoms with van der Waals surface area (Å²) in [5, 5.41) is 21.8. The summed E-state index contributed by atoms with van der Waals surface area (Å²) in [6, 6.07) is 6.72. The van der Waals surface area contributed by atoms with Gasteiger partial charge in [0.1, 0.15) is 11.0 Å². The molecule has 0 saturated heterocycles. The number of rotatable bonds is 6. The molecule has 0 aliphatic carbocycles. The zero-order chi connectivity index (χ0) is 24.6. The molecule has 2 atom stereocenters. The highest BCUT2D eigenvalue weighted by atomic mass is 35.5. The molecule has 0 spiro atoms. The summed E-state index contributed by atoms with van der Waals surface area (Å²) in [5.74, 6) is -3.35. The highest BCUT2D eigenvalue weighted by Crippen LogP contribution is 2.50. The first kappa shape index (κ1) is 24.6. The van der Waals surface area contributed by atoms with E-state index in [1.807, 2.05) is 0 Å². The molecule has 0 aliphatic heterocycles. The van der Waals surface area contributed by atoms with E-state index in [9.17, 15) is 27.9 Å². The van der Waals surface area contributed by atoms with Crippen LogP contribution >= 0.6 is 23.2 Å². The van der Waals surface area contributed by atoms with Crippen molar-refractivity contribution >= 4 is 40.9 Å². The van der Waals surface area contributed by atoms with Crippen LogP contribution in [0.2, 0.25) is 10.2 Å². The van der Waals surface area contributed by atoms with Gasteiger partial charge in [0, 0.05) is 28.9 Å². The summed E-state index contributed by atoms with van der Waals surface area (Å²) in [6.45, 7) is 1.15. The molecule has 0 radical (unpaired) electrons. The number of aromatic amines is 1. The molecule has 1 aromatic carbocycles. The predicted molar refractivity (Wildman–Crippen MR) is 115 cm³/mol. The van der Waals surface area contributed by atoms with Crippen LogP contribution in [0.25, 0.3) is 0 Å². The van der Waals surface area contributed by atoms with E-state index >= 15 is 0 Å². The number of hydrogen-bond acceptors (Lipinski definition) is 4. The predicted octanol–water partition coefficient (Wildman–Crippen LogP) is 5.22. The second kappa shape index (κ2) is 9.05. The monoisotopic (exact) mass is 501 g/mol. The molecule has 1 amide bonds. The van der Waals surface area contributed by atoms with Crippen LogP contribution in [0.5, 0.6) is 0 Å². The van der Waals surface area contributed by atoms with Gasteiger partial charge in [0.05, 0.1) is 5.56 Å². The second-order valence-corrected chi connectivity index (χ2v) is 7.95. The van der Waals surface area contributed by atoms with Crippen molar-refractivity contribution in [2.24, 2.45) is 0 Å². The molecular formula is C21H16Cl2F3N3O4. The number of H-pyrrole nitrogens is 1. The number of carboxylic acid groups (broad SMARTS) is 1. The number of hydrogen-bond donors (Lipinski definition) is 4. The van der Waals surface area contributed by atoms with Crippen molar-refractivity contribution < 1.29 is 33.0 Å². The average Bonchev–Trinajstić information content (AvgIpc) is 3.20. The Morgan fingerprint density at radius 3 is 2.36 bits per heavy atom. The van der Waals surface area contributed by atoms with Gasteiger partial charge in [-0.3, -0.25) is 4.79 Å². The smallest absolute Gasteiger partial charge is 0.422 e. The molecule has 2 aromatic heterocycles. The number of aromatic carboxylic acids is 1. The Morgan fingerprint density at radius 2 is 1.82 bits per heavy atom. The maximum atomic E-state index is 14.0. The molecule has 174 valence electrons.